The average Bonchev–Trinajstić information content (AvgIpc) is 3.20. The van der Waals surface area contributed by atoms with Gasteiger partial charge in [-0.1, -0.05) is 15.9 Å². The third kappa shape index (κ3) is 19.1. The number of aliphatic hydroxyl groups is 1. The monoisotopic (exact) mass is 915 g/mol. The molecule has 0 bridgehead atoms. The van der Waals surface area contributed by atoms with Crippen molar-refractivity contribution in [3.63, 3.8) is 0 Å². The van der Waals surface area contributed by atoms with Crippen LogP contribution in [0.25, 0.3) is 0 Å². The lowest BCUT2D eigenvalue weighted by atomic mass is 10.1. The lowest BCUT2D eigenvalue weighted by molar-refractivity contribution is 0.0691. The Labute approximate surface area is 349 Å². The van der Waals surface area contributed by atoms with Gasteiger partial charge in [-0.25, -0.2) is 26.7 Å². The van der Waals surface area contributed by atoms with E-state index in [-0.39, 0.29) is 41.9 Å². The Morgan fingerprint density at radius 2 is 0.945 bits per heavy atom. The van der Waals surface area contributed by atoms with Gasteiger partial charge in [0.25, 0.3) is 0 Å². The van der Waals surface area contributed by atoms with Crippen molar-refractivity contribution >= 4 is 80.7 Å². The fourth-order valence-corrected chi connectivity index (χ4v) is 6.51. The summed E-state index contributed by atoms with van der Waals surface area (Å²) in [4.78, 5) is 15.3. The van der Waals surface area contributed by atoms with Crippen LogP contribution in [0.15, 0.2) is 122 Å². The third-order valence-corrected chi connectivity index (χ3v) is 11.0. The van der Waals surface area contributed by atoms with Crippen LogP contribution in [0.1, 0.15) is 27.0 Å². The summed E-state index contributed by atoms with van der Waals surface area (Å²) in [6, 6.07) is 27.1. The summed E-state index contributed by atoms with van der Waals surface area (Å²) in [6.45, 7) is -0.236. The quantitative estimate of drug-likeness (QED) is 0.0853. The lowest BCUT2D eigenvalue weighted by Crippen LogP contribution is -1.99. The van der Waals surface area contributed by atoms with Crippen molar-refractivity contribution in [1.82, 2.24) is 0 Å². The number of carboxylic acid groups (broad SMARTS) is 1. The normalized spacial score (nSPS) is 9.80. The average molecular weight is 917 g/mol. The van der Waals surface area contributed by atoms with Crippen LogP contribution in [0, 0.1) is 40.4 Å². The van der Waals surface area contributed by atoms with Crippen LogP contribution in [0.2, 0.25) is 0 Å². The predicted octanol–water partition coefficient (Wildman–Crippen LogP) is 12.9. The Morgan fingerprint density at radius 3 is 1.35 bits per heavy atom. The first kappa shape index (κ1) is 49.9. The molecule has 5 rings (SSSR count). The van der Waals surface area contributed by atoms with E-state index in [4.69, 9.17) is 15.5 Å². The minimum absolute atomic E-state index is 0.139. The molecule has 55 heavy (non-hydrogen) atoms. The van der Waals surface area contributed by atoms with Gasteiger partial charge in [-0.3, -0.25) is 0 Å². The minimum atomic E-state index is -1.23. The first-order valence-electron chi connectivity index (χ1n) is 15.7. The number of aromatic carboxylic acids is 1. The van der Waals surface area contributed by atoms with Crippen LogP contribution in [0.3, 0.4) is 0 Å². The maximum Gasteiger partial charge on any atom is 0.338 e. The zero-order chi connectivity index (χ0) is 41.3. The molecule has 0 atom stereocenters. The first-order valence-corrected chi connectivity index (χ1v) is 22.9. The largest absolute Gasteiger partial charge is 0.478 e. The summed E-state index contributed by atoms with van der Waals surface area (Å²) in [5, 5.41) is 26.2. The molecule has 5 aromatic carbocycles. The Balaban J connectivity index is 0.000000345. The molecule has 0 radical (unpaired) electrons. The van der Waals surface area contributed by atoms with E-state index in [2.05, 4.69) is 15.9 Å². The minimum Gasteiger partial charge on any atom is -0.478 e. The van der Waals surface area contributed by atoms with E-state index in [1.807, 2.05) is 37.2 Å². The van der Waals surface area contributed by atoms with Crippen LogP contribution in [0.5, 0.6) is 0 Å². The van der Waals surface area contributed by atoms with Gasteiger partial charge in [-0.15, -0.1) is 58.8 Å². The van der Waals surface area contributed by atoms with Gasteiger partial charge >= 0.3 is 5.97 Å². The maximum atomic E-state index is 12.9. The molecule has 0 spiro atoms. The predicted molar refractivity (Wildman–Crippen MR) is 226 cm³/mol. The van der Waals surface area contributed by atoms with Crippen molar-refractivity contribution < 1.29 is 37.0 Å². The molecule has 15 heteroatoms. The first-order chi connectivity index (χ1) is 26.3. The molecule has 0 heterocycles. The molecule has 0 aliphatic heterocycles. The van der Waals surface area contributed by atoms with Gasteiger partial charge in [0.2, 0.25) is 0 Å². The molecule has 294 valence electrons. The van der Waals surface area contributed by atoms with Crippen molar-refractivity contribution in [2.24, 2.45) is 0 Å². The number of benzene rings is 5. The number of nitrogens with zero attached hydrogens (tertiary/aromatic N) is 1. The fraction of sp³-hybridized carbons (Fsp3) is 0.200. The van der Waals surface area contributed by atoms with Gasteiger partial charge in [0.05, 0.1) is 24.7 Å². The molecule has 0 saturated carbocycles. The molecule has 2 N–H and O–H groups in total. The van der Waals surface area contributed by atoms with Gasteiger partial charge in [-0.05, 0) is 134 Å². The Bertz CT molecular complexity index is 1910. The lowest BCUT2D eigenvalue weighted by Gasteiger charge is -2.00. The second-order valence-corrected chi connectivity index (χ2v) is 15.3. The number of hydrogen-bond acceptors (Lipinski definition) is 8. The van der Waals surface area contributed by atoms with Crippen molar-refractivity contribution in [2.45, 2.75) is 42.8 Å². The molecule has 5 aromatic rings. The number of thioether (sulfide) groups is 5. The van der Waals surface area contributed by atoms with E-state index < -0.39 is 11.8 Å². The fourth-order valence-electron chi connectivity index (χ4n) is 3.84. The molecule has 0 unspecified atom stereocenters. The molecule has 0 saturated heterocycles. The molecule has 0 aliphatic carbocycles. The van der Waals surface area contributed by atoms with Crippen molar-refractivity contribution in [3.05, 3.63) is 148 Å². The van der Waals surface area contributed by atoms with Crippen LogP contribution in [0.4, 0.5) is 22.0 Å². The highest BCUT2D eigenvalue weighted by molar-refractivity contribution is 9.08. The van der Waals surface area contributed by atoms with E-state index in [1.54, 1.807) is 90.1 Å². The molecular weight excluding hydrogens is 878 g/mol. The van der Waals surface area contributed by atoms with Crippen LogP contribution in [-0.2, 0) is 18.4 Å². The highest BCUT2D eigenvalue weighted by Crippen LogP contribution is 2.22. The van der Waals surface area contributed by atoms with E-state index in [9.17, 15) is 26.7 Å². The molecule has 0 amide bonds. The second kappa shape index (κ2) is 28.3. The van der Waals surface area contributed by atoms with Gasteiger partial charge < -0.3 is 10.2 Å². The number of alkyl halides is 1. The van der Waals surface area contributed by atoms with Crippen LogP contribution in [-0.4, -0.2) is 47.5 Å². The number of halogens is 6. The summed E-state index contributed by atoms with van der Waals surface area (Å²) < 4.78 is 63.5. The maximum absolute atomic E-state index is 12.9. The number of carbonyl (C=O) groups is 1. The molecular formula is C40H39BrF5NO3S5. The Morgan fingerprint density at radius 1 is 0.582 bits per heavy atom. The Kier molecular flexibility index (Phi) is 25.7. The highest BCUT2D eigenvalue weighted by Gasteiger charge is 2.10. The number of hydrogen-bond donors (Lipinski definition) is 2. The number of aliphatic hydroxyl groups excluding tert-OH is 1. The standard InChI is InChI=1S/C9H8FNS.C8H8BrFS.C8H7FO2S.C8H9FOS.C7H7FS/c1-12-8-2-3-9(10)7(6-8)4-5-11;1-11-7-2-3-8(10)6(4-7)5-9;1-12-5-2-3-7(9)6(4-5)8(10)11;1-11-7-2-3-8(9)6(4-7)5-10;1-9-7-4-2-6(8)3-5-7/h2-3,6H,4H2,1H3;2-4H,5H2,1H3;2-4H,1H3,(H,10,11);2-4,10H,5H2,1H3;2-5H,1H3. The topological polar surface area (TPSA) is 81.3 Å². The van der Waals surface area contributed by atoms with E-state index in [1.165, 1.54) is 59.9 Å². The third-order valence-electron chi connectivity index (χ3n) is 6.80. The van der Waals surface area contributed by atoms with Gasteiger partial charge in [0, 0.05) is 40.9 Å². The summed E-state index contributed by atoms with van der Waals surface area (Å²) in [5.74, 6) is -2.88. The number of carboxylic acids is 1. The van der Waals surface area contributed by atoms with Crippen molar-refractivity contribution in [3.8, 4) is 6.07 Å². The van der Waals surface area contributed by atoms with E-state index in [0.29, 0.717) is 16.5 Å². The summed E-state index contributed by atoms with van der Waals surface area (Å²) in [5.41, 5.74) is 1.28. The second-order valence-electron chi connectivity index (χ2n) is 10.3. The van der Waals surface area contributed by atoms with E-state index >= 15 is 0 Å². The number of rotatable bonds is 9. The van der Waals surface area contributed by atoms with Crippen molar-refractivity contribution in [2.75, 3.05) is 31.3 Å². The molecule has 4 nitrogen and oxygen atoms in total. The smallest absolute Gasteiger partial charge is 0.338 e. The molecule has 0 aliphatic rings. The Hall–Kier alpha value is -3.10. The highest BCUT2D eigenvalue weighted by atomic mass is 79.9. The number of nitriles is 1. The zero-order valence-electron chi connectivity index (χ0n) is 30.4. The van der Waals surface area contributed by atoms with Gasteiger partial charge in [0.1, 0.15) is 29.1 Å². The molecule has 0 aromatic heterocycles. The van der Waals surface area contributed by atoms with E-state index in [0.717, 1.165) is 36.1 Å². The summed E-state index contributed by atoms with van der Waals surface area (Å²) in [7, 11) is 0. The van der Waals surface area contributed by atoms with Crippen molar-refractivity contribution in [1.29, 1.82) is 5.26 Å². The summed E-state index contributed by atoms with van der Waals surface area (Å²) >= 11 is 10.9. The van der Waals surface area contributed by atoms with Gasteiger partial charge in [0.15, 0.2) is 0 Å². The zero-order valence-corrected chi connectivity index (χ0v) is 36.1. The molecule has 0 fully saturated rings. The van der Waals surface area contributed by atoms with Crippen LogP contribution < -0.4 is 0 Å². The van der Waals surface area contributed by atoms with Gasteiger partial charge in [-0.2, -0.15) is 5.26 Å². The summed E-state index contributed by atoms with van der Waals surface area (Å²) in [6.07, 6.45) is 9.72. The SMILES string of the molecule is CSc1ccc(F)c(C(=O)O)c1.CSc1ccc(F)c(CBr)c1.CSc1ccc(F)c(CC#N)c1.CSc1ccc(F)c(CO)c1.CSc1ccc(F)cc1. The van der Waals surface area contributed by atoms with Crippen LogP contribution >= 0.6 is 74.7 Å².